The molecule has 0 fully saturated rings. The van der Waals surface area contributed by atoms with Gasteiger partial charge in [0.1, 0.15) is 0 Å². The van der Waals surface area contributed by atoms with E-state index in [4.69, 9.17) is 0 Å². The molecule has 0 unspecified atom stereocenters. The standard InChI is InChI=1S/C10H8F3IO2/c1-2-16-9(15)6-4-3-5-7(14)8(6)10(11,12)13/h3-5H,2H2,1H3. The zero-order valence-electron chi connectivity index (χ0n) is 8.27. The average molecular weight is 344 g/mol. The van der Waals surface area contributed by atoms with Crippen molar-refractivity contribution in [2.45, 2.75) is 13.1 Å². The highest BCUT2D eigenvalue weighted by molar-refractivity contribution is 14.1. The zero-order valence-corrected chi connectivity index (χ0v) is 10.4. The van der Waals surface area contributed by atoms with Crippen LogP contribution >= 0.6 is 22.6 Å². The van der Waals surface area contributed by atoms with Crippen LogP contribution in [0.15, 0.2) is 18.2 Å². The maximum Gasteiger partial charge on any atom is 0.418 e. The number of hydrogen-bond donors (Lipinski definition) is 0. The van der Waals surface area contributed by atoms with E-state index in [9.17, 15) is 18.0 Å². The van der Waals surface area contributed by atoms with Crippen LogP contribution in [-0.2, 0) is 10.9 Å². The van der Waals surface area contributed by atoms with Gasteiger partial charge in [-0.25, -0.2) is 4.79 Å². The molecule has 0 aliphatic rings. The fourth-order valence-corrected chi connectivity index (χ4v) is 2.00. The molecule has 6 heteroatoms. The van der Waals surface area contributed by atoms with Crippen molar-refractivity contribution in [3.05, 3.63) is 32.9 Å². The van der Waals surface area contributed by atoms with Gasteiger partial charge in [0.15, 0.2) is 0 Å². The summed E-state index contributed by atoms with van der Waals surface area (Å²) in [5.74, 6) is -0.951. The Balaban J connectivity index is 3.29. The first kappa shape index (κ1) is 13.3. The van der Waals surface area contributed by atoms with Gasteiger partial charge < -0.3 is 4.74 Å². The van der Waals surface area contributed by atoms with E-state index in [0.29, 0.717) is 0 Å². The van der Waals surface area contributed by atoms with Gasteiger partial charge >= 0.3 is 12.1 Å². The number of alkyl halides is 3. The highest BCUT2D eigenvalue weighted by atomic mass is 127. The molecule has 0 aromatic heterocycles. The van der Waals surface area contributed by atoms with Crippen LogP contribution in [0.1, 0.15) is 22.8 Å². The molecule has 2 nitrogen and oxygen atoms in total. The van der Waals surface area contributed by atoms with Gasteiger partial charge in [-0.1, -0.05) is 6.07 Å². The fourth-order valence-electron chi connectivity index (χ4n) is 1.19. The van der Waals surface area contributed by atoms with Gasteiger partial charge in [-0.2, -0.15) is 13.2 Å². The highest BCUT2D eigenvalue weighted by Gasteiger charge is 2.37. The van der Waals surface area contributed by atoms with Crippen molar-refractivity contribution in [1.29, 1.82) is 0 Å². The summed E-state index contributed by atoms with van der Waals surface area (Å²) < 4.78 is 42.7. The third-order valence-electron chi connectivity index (χ3n) is 1.79. The normalized spacial score (nSPS) is 11.3. The molecular formula is C10H8F3IO2. The lowest BCUT2D eigenvalue weighted by atomic mass is 10.1. The molecule has 0 aliphatic carbocycles. The van der Waals surface area contributed by atoms with Crippen molar-refractivity contribution in [2.75, 3.05) is 6.61 Å². The number of rotatable bonds is 2. The van der Waals surface area contributed by atoms with Crippen LogP contribution in [0.3, 0.4) is 0 Å². The maximum atomic E-state index is 12.7. The van der Waals surface area contributed by atoms with Crippen LogP contribution in [0.5, 0.6) is 0 Å². The first-order valence-electron chi connectivity index (χ1n) is 4.40. The molecule has 0 saturated heterocycles. The molecule has 0 heterocycles. The van der Waals surface area contributed by atoms with E-state index in [1.165, 1.54) is 12.1 Å². The molecule has 1 aromatic carbocycles. The molecule has 0 saturated carbocycles. The van der Waals surface area contributed by atoms with E-state index in [1.807, 2.05) is 0 Å². The molecule has 0 aliphatic heterocycles. The smallest absolute Gasteiger partial charge is 0.418 e. The average Bonchev–Trinajstić information content (AvgIpc) is 2.15. The minimum absolute atomic E-state index is 0.0179. The molecule has 0 atom stereocenters. The number of carbonyl (C=O) groups excluding carboxylic acids is 1. The van der Waals surface area contributed by atoms with Crippen molar-refractivity contribution in [1.82, 2.24) is 0 Å². The van der Waals surface area contributed by atoms with Crippen molar-refractivity contribution in [2.24, 2.45) is 0 Å². The topological polar surface area (TPSA) is 26.3 Å². The van der Waals surface area contributed by atoms with E-state index in [2.05, 4.69) is 4.74 Å². The molecule has 0 spiro atoms. The first-order valence-corrected chi connectivity index (χ1v) is 5.48. The Morgan fingerprint density at radius 1 is 1.44 bits per heavy atom. The van der Waals surface area contributed by atoms with Gasteiger partial charge in [0.2, 0.25) is 0 Å². The third kappa shape index (κ3) is 2.87. The van der Waals surface area contributed by atoms with Gasteiger partial charge in [-0.3, -0.25) is 0 Å². The number of hydrogen-bond acceptors (Lipinski definition) is 2. The Bertz CT molecular complexity index is 402. The number of benzene rings is 1. The molecule has 0 amide bonds. The summed E-state index contributed by atoms with van der Waals surface area (Å²) in [7, 11) is 0. The van der Waals surface area contributed by atoms with Crippen LogP contribution in [0.25, 0.3) is 0 Å². The number of esters is 1. The quantitative estimate of drug-likeness (QED) is 0.607. The maximum absolute atomic E-state index is 12.7. The van der Waals surface area contributed by atoms with Gasteiger partial charge in [-0.05, 0) is 41.6 Å². The first-order chi connectivity index (χ1) is 7.38. The minimum Gasteiger partial charge on any atom is -0.462 e. The molecular weight excluding hydrogens is 336 g/mol. The minimum atomic E-state index is -4.56. The molecule has 1 rings (SSSR count). The Labute approximate surface area is 104 Å². The summed E-state index contributed by atoms with van der Waals surface area (Å²) in [5, 5.41) is 0. The second kappa shape index (κ2) is 5.03. The SMILES string of the molecule is CCOC(=O)c1cccc(I)c1C(F)(F)F. The van der Waals surface area contributed by atoms with Gasteiger partial charge in [0, 0.05) is 3.57 Å². The lowest BCUT2D eigenvalue weighted by molar-refractivity contribution is -0.138. The third-order valence-corrected chi connectivity index (χ3v) is 2.69. The van der Waals surface area contributed by atoms with Crippen molar-refractivity contribution in [3.8, 4) is 0 Å². The summed E-state index contributed by atoms with van der Waals surface area (Å²) >= 11 is 1.55. The predicted molar refractivity (Wildman–Crippen MR) is 60.1 cm³/mol. The lowest BCUT2D eigenvalue weighted by Crippen LogP contribution is -2.16. The van der Waals surface area contributed by atoms with Crippen molar-refractivity contribution < 1.29 is 22.7 Å². The van der Waals surface area contributed by atoms with E-state index >= 15 is 0 Å². The summed E-state index contributed by atoms with van der Waals surface area (Å²) in [5.41, 5.74) is -1.38. The molecule has 0 N–H and O–H groups in total. The molecule has 0 radical (unpaired) electrons. The Kier molecular flexibility index (Phi) is 4.17. The van der Waals surface area contributed by atoms with E-state index < -0.39 is 23.3 Å². The second-order valence-corrected chi connectivity index (χ2v) is 4.04. The summed E-state index contributed by atoms with van der Waals surface area (Å²) in [6.45, 7) is 1.58. The summed E-state index contributed by atoms with van der Waals surface area (Å²) in [6.07, 6.45) is -4.56. The summed E-state index contributed by atoms with van der Waals surface area (Å²) in [6, 6.07) is 3.80. The number of ether oxygens (including phenoxy) is 1. The van der Waals surface area contributed by atoms with Gasteiger partial charge in [-0.15, -0.1) is 0 Å². The number of halogens is 4. The van der Waals surface area contributed by atoms with Crippen LogP contribution in [0.4, 0.5) is 13.2 Å². The highest BCUT2D eigenvalue weighted by Crippen LogP contribution is 2.35. The number of carbonyl (C=O) groups is 1. The van der Waals surface area contributed by atoms with E-state index in [-0.39, 0.29) is 10.2 Å². The lowest BCUT2D eigenvalue weighted by Gasteiger charge is -2.13. The molecule has 0 bridgehead atoms. The largest absolute Gasteiger partial charge is 0.462 e. The van der Waals surface area contributed by atoms with Crippen LogP contribution in [-0.4, -0.2) is 12.6 Å². The van der Waals surface area contributed by atoms with E-state index in [1.54, 1.807) is 29.5 Å². The predicted octanol–water partition coefficient (Wildman–Crippen LogP) is 3.49. The Morgan fingerprint density at radius 2 is 2.06 bits per heavy atom. The fraction of sp³-hybridized carbons (Fsp3) is 0.300. The van der Waals surface area contributed by atoms with Crippen LogP contribution in [0.2, 0.25) is 0 Å². The van der Waals surface area contributed by atoms with Gasteiger partial charge in [0.05, 0.1) is 17.7 Å². The second-order valence-electron chi connectivity index (χ2n) is 2.88. The van der Waals surface area contributed by atoms with Crippen LogP contribution < -0.4 is 0 Å². The monoisotopic (exact) mass is 344 g/mol. The molecule has 16 heavy (non-hydrogen) atoms. The summed E-state index contributed by atoms with van der Waals surface area (Å²) in [4.78, 5) is 11.3. The Hall–Kier alpha value is -0.790. The van der Waals surface area contributed by atoms with E-state index in [0.717, 1.165) is 6.07 Å². The zero-order chi connectivity index (χ0) is 12.3. The Morgan fingerprint density at radius 3 is 2.56 bits per heavy atom. The van der Waals surface area contributed by atoms with Crippen molar-refractivity contribution >= 4 is 28.6 Å². The van der Waals surface area contributed by atoms with Crippen molar-refractivity contribution in [3.63, 3.8) is 0 Å². The van der Waals surface area contributed by atoms with Crippen LogP contribution in [0, 0.1) is 3.57 Å². The molecule has 1 aromatic rings. The van der Waals surface area contributed by atoms with Gasteiger partial charge in [0.25, 0.3) is 0 Å². The molecule has 88 valence electrons.